The van der Waals surface area contributed by atoms with Crippen LogP contribution in [0.25, 0.3) is 16.7 Å². The van der Waals surface area contributed by atoms with Gasteiger partial charge in [0.05, 0.1) is 37.4 Å². The normalized spacial score (nSPS) is 11.7. The molecule has 1 aromatic carbocycles. The minimum atomic E-state index is -0.697. The SMILES string of the molecule is CCCCc1c(Cl)cc(OC)c2c(I)cn(-c3cn(CCO[Si](C)C)nn3)c12. The van der Waals surface area contributed by atoms with Crippen molar-refractivity contribution in [1.29, 1.82) is 0 Å². The molecule has 0 unspecified atom stereocenters. The maximum Gasteiger partial charge on any atom is 0.204 e. The van der Waals surface area contributed by atoms with Crippen LogP contribution in [-0.4, -0.2) is 42.3 Å². The number of hydrogen-bond acceptors (Lipinski definition) is 4. The van der Waals surface area contributed by atoms with Crippen LogP contribution in [0.5, 0.6) is 5.75 Å². The van der Waals surface area contributed by atoms with Crippen LogP contribution in [0, 0.1) is 3.57 Å². The topological polar surface area (TPSA) is 54.1 Å². The lowest BCUT2D eigenvalue weighted by Crippen LogP contribution is -2.13. The molecule has 0 aliphatic heterocycles. The van der Waals surface area contributed by atoms with Crippen LogP contribution in [0.15, 0.2) is 18.5 Å². The quantitative estimate of drug-likeness (QED) is 0.285. The first-order chi connectivity index (χ1) is 13.5. The van der Waals surface area contributed by atoms with Crippen molar-refractivity contribution in [3.8, 4) is 11.6 Å². The Labute approximate surface area is 186 Å². The molecule has 0 N–H and O–H groups in total. The number of nitrogens with zero attached hydrogens (tertiary/aromatic N) is 4. The zero-order chi connectivity index (χ0) is 20.3. The number of aryl methyl sites for hydroxylation is 1. The van der Waals surface area contributed by atoms with Gasteiger partial charge in [0.15, 0.2) is 5.82 Å². The van der Waals surface area contributed by atoms with Crippen molar-refractivity contribution >= 4 is 54.1 Å². The molecule has 3 rings (SSSR count). The van der Waals surface area contributed by atoms with Crippen molar-refractivity contribution in [2.75, 3.05) is 13.7 Å². The van der Waals surface area contributed by atoms with Crippen molar-refractivity contribution in [2.45, 2.75) is 45.8 Å². The molecule has 0 aliphatic rings. The van der Waals surface area contributed by atoms with Gasteiger partial charge in [-0.05, 0) is 60.2 Å². The van der Waals surface area contributed by atoms with Crippen molar-refractivity contribution in [2.24, 2.45) is 0 Å². The molecule has 6 nitrogen and oxygen atoms in total. The molecular formula is C19H25ClIN4O2Si. The predicted octanol–water partition coefficient (Wildman–Crippen LogP) is 5.10. The Bertz CT molecular complexity index is 957. The van der Waals surface area contributed by atoms with E-state index in [9.17, 15) is 0 Å². The summed E-state index contributed by atoms with van der Waals surface area (Å²) in [6, 6.07) is 1.92. The van der Waals surface area contributed by atoms with Crippen LogP contribution in [0.2, 0.25) is 18.1 Å². The summed E-state index contributed by atoms with van der Waals surface area (Å²) in [6.45, 7) is 7.77. The summed E-state index contributed by atoms with van der Waals surface area (Å²) in [5, 5.41) is 10.5. The highest BCUT2D eigenvalue weighted by Gasteiger charge is 2.20. The minimum Gasteiger partial charge on any atom is -0.496 e. The predicted molar refractivity (Wildman–Crippen MR) is 123 cm³/mol. The monoisotopic (exact) mass is 531 g/mol. The molecule has 0 spiro atoms. The highest BCUT2D eigenvalue weighted by Crippen LogP contribution is 2.39. The van der Waals surface area contributed by atoms with Crippen molar-refractivity contribution < 1.29 is 9.16 Å². The van der Waals surface area contributed by atoms with Gasteiger partial charge in [0, 0.05) is 14.8 Å². The average molecular weight is 532 g/mol. The third-order valence-corrected chi connectivity index (χ3v) is 6.46. The molecule has 28 heavy (non-hydrogen) atoms. The molecule has 0 bridgehead atoms. The zero-order valence-electron chi connectivity index (χ0n) is 16.6. The number of ether oxygens (including phenoxy) is 1. The van der Waals surface area contributed by atoms with Gasteiger partial charge in [-0.1, -0.05) is 30.2 Å². The molecule has 151 valence electrons. The molecular weight excluding hydrogens is 507 g/mol. The maximum absolute atomic E-state index is 6.64. The molecule has 0 aliphatic carbocycles. The summed E-state index contributed by atoms with van der Waals surface area (Å²) in [4.78, 5) is 0. The van der Waals surface area contributed by atoms with Gasteiger partial charge in [-0.15, -0.1) is 5.10 Å². The first-order valence-corrected chi connectivity index (χ1v) is 13.2. The minimum absolute atomic E-state index is 0.648. The summed E-state index contributed by atoms with van der Waals surface area (Å²) in [6.07, 6.45) is 7.12. The largest absolute Gasteiger partial charge is 0.496 e. The van der Waals surface area contributed by atoms with E-state index in [0.29, 0.717) is 13.2 Å². The van der Waals surface area contributed by atoms with E-state index in [0.717, 1.165) is 55.9 Å². The first-order valence-electron chi connectivity index (χ1n) is 9.35. The van der Waals surface area contributed by atoms with Gasteiger partial charge in [-0.3, -0.25) is 4.57 Å². The molecule has 9 heteroatoms. The van der Waals surface area contributed by atoms with E-state index in [1.165, 1.54) is 0 Å². The molecule has 0 amide bonds. The van der Waals surface area contributed by atoms with Crippen molar-refractivity contribution in [3.63, 3.8) is 0 Å². The number of methoxy groups -OCH3 is 1. The Morgan fingerprint density at radius 1 is 1.29 bits per heavy atom. The second-order valence-electron chi connectivity index (χ2n) is 6.81. The number of unbranched alkanes of at least 4 members (excludes halogenated alkanes) is 1. The fraction of sp³-hybridized carbons (Fsp3) is 0.474. The molecule has 0 saturated heterocycles. The summed E-state index contributed by atoms with van der Waals surface area (Å²) in [5.41, 5.74) is 2.18. The van der Waals surface area contributed by atoms with E-state index in [1.807, 2.05) is 16.9 Å². The third kappa shape index (κ3) is 4.55. The van der Waals surface area contributed by atoms with Gasteiger partial charge >= 0.3 is 0 Å². The highest BCUT2D eigenvalue weighted by molar-refractivity contribution is 14.1. The van der Waals surface area contributed by atoms with Crippen LogP contribution >= 0.6 is 34.2 Å². The smallest absolute Gasteiger partial charge is 0.204 e. The van der Waals surface area contributed by atoms with Gasteiger partial charge in [0.2, 0.25) is 9.04 Å². The summed E-state index contributed by atoms with van der Waals surface area (Å²) >= 11 is 8.99. The Balaban J connectivity index is 2.06. The number of rotatable bonds is 9. The van der Waals surface area contributed by atoms with Crippen LogP contribution in [0.1, 0.15) is 25.3 Å². The van der Waals surface area contributed by atoms with E-state index >= 15 is 0 Å². The number of aromatic nitrogens is 4. The lowest BCUT2D eigenvalue weighted by atomic mass is 10.0. The van der Waals surface area contributed by atoms with Crippen LogP contribution in [0.3, 0.4) is 0 Å². The zero-order valence-corrected chi connectivity index (χ0v) is 20.5. The molecule has 3 aromatic rings. The summed E-state index contributed by atoms with van der Waals surface area (Å²) in [5.74, 6) is 1.55. The van der Waals surface area contributed by atoms with Crippen LogP contribution in [0.4, 0.5) is 0 Å². The number of fused-ring (bicyclic) bond motifs is 1. The lowest BCUT2D eigenvalue weighted by molar-refractivity contribution is 0.296. The maximum atomic E-state index is 6.64. The average Bonchev–Trinajstić information content (AvgIpc) is 3.25. The van der Waals surface area contributed by atoms with E-state index < -0.39 is 9.04 Å². The number of halogens is 2. The Morgan fingerprint density at radius 2 is 2.07 bits per heavy atom. The molecule has 1 radical (unpaired) electrons. The molecule has 2 aromatic heterocycles. The van der Waals surface area contributed by atoms with Gasteiger partial charge in [0.1, 0.15) is 5.75 Å². The van der Waals surface area contributed by atoms with E-state index in [2.05, 4.69) is 63.7 Å². The Hall–Kier alpha value is -1.10. The third-order valence-electron chi connectivity index (χ3n) is 4.52. The van der Waals surface area contributed by atoms with Crippen LogP contribution in [-0.2, 0) is 17.4 Å². The highest BCUT2D eigenvalue weighted by atomic mass is 127. The van der Waals surface area contributed by atoms with Gasteiger partial charge in [0.25, 0.3) is 0 Å². The van der Waals surface area contributed by atoms with Gasteiger partial charge in [-0.2, -0.15) is 0 Å². The fourth-order valence-electron chi connectivity index (χ4n) is 3.18. The number of hydrogen-bond donors (Lipinski definition) is 0. The lowest BCUT2D eigenvalue weighted by Gasteiger charge is -2.12. The van der Waals surface area contributed by atoms with Crippen LogP contribution < -0.4 is 4.74 Å². The molecule has 0 atom stereocenters. The van der Waals surface area contributed by atoms with E-state index in [-0.39, 0.29) is 0 Å². The van der Waals surface area contributed by atoms with Crippen molar-refractivity contribution in [3.05, 3.63) is 32.6 Å². The summed E-state index contributed by atoms with van der Waals surface area (Å²) < 4.78 is 16.3. The second kappa shape index (κ2) is 9.60. The standard InChI is InChI=1S/C19H25ClIN4O2Si/c1-5-6-7-13-14(20)10-16(26-2)18-15(21)11-25(19(13)18)17-12-24(23-22-17)8-9-27-28(3)4/h10-12H,5-9H2,1-4H3. The molecule has 0 saturated carbocycles. The van der Waals surface area contributed by atoms with E-state index in [1.54, 1.807) is 7.11 Å². The molecule has 2 heterocycles. The fourth-order valence-corrected chi connectivity index (χ4v) is 4.76. The summed E-state index contributed by atoms with van der Waals surface area (Å²) in [7, 11) is 0.981. The molecule has 0 fully saturated rings. The second-order valence-corrected chi connectivity index (χ2v) is 10.5. The van der Waals surface area contributed by atoms with Gasteiger partial charge in [-0.25, -0.2) is 4.68 Å². The van der Waals surface area contributed by atoms with E-state index in [4.69, 9.17) is 20.8 Å². The first kappa shape index (κ1) is 21.6. The number of benzene rings is 1. The van der Waals surface area contributed by atoms with Gasteiger partial charge < -0.3 is 9.16 Å². The Kier molecular flexibility index (Phi) is 7.40. The Morgan fingerprint density at radius 3 is 2.75 bits per heavy atom. The van der Waals surface area contributed by atoms with Crippen molar-refractivity contribution in [1.82, 2.24) is 19.6 Å².